The van der Waals surface area contributed by atoms with Crippen LogP contribution in [-0.2, 0) is 4.74 Å². The molecule has 3 heteroatoms. The summed E-state index contributed by atoms with van der Waals surface area (Å²) in [7, 11) is 0. The van der Waals surface area contributed by atoms with E-state index in [2.05, 4.69) is 12.2 Å². The molecule has 2 rings (SSSR count). The largest absolute Gasteiger partial charge is 0.377 e. The summed E-state index contributed by atoms with van der Waals surface area (Å²) in [6.07, 6.45) is 6.42. The molecular formula is C11H22N2O. The first-order valence-corrected chi connectivity index (χ1v) is 5.89. The average Bonchev–Trinajstić information content (AvgIpc) is 2.75. The van der Waals surface area contributed by atoms with Crippen LogP contribution in [0.5, 0.6) is 0 Å². The van der Waals surface area contributed by atoms with Gasteiger partial charge in [-0.15, -0.1) is 0 Å². The predicted octanol–water partition coefficient (Wildman–Crippen LogP) is 1.02. The second-order valence-electron chi connectivity index (χ2n) is 4.78. The maximum absolute atomic E-state index is 5.88. The Morgan fingerprint density at radius 1 is 1.36 bits per heavy atom. The van der Waals surface area contributed by atoms with Crippen molar-refractivity contribution >= 4 is 0 Å². The Bertz CT molecular complexity index is 180. The molecule has 3 N–H and O–H groups in total. The van der Waals surface area contributed by atoms with Crippen LogP contribution in [0.3, 0.4) is 0 Å². The zero-order valence-electron chi connectivity index (χ0n) is 9.04. The van der Waals surface area contributed by atoms with E-state index in [9.17, 15) is 0 Å². The van der Waals surface area contributed by atoms with E-state index in [0.717, 1.165) is 13.0 Å². The molecular weight excluding hydrogens is 176 g/mol. The van der Waals surface area contributed by atoms with Crippen LogP contribution in [0.1, 0.15) is 39.0 Å². The molecule has 4 unspecified atom stereocenters. The van der Waals surface area contributed by atoms with Crippen LogP contribution in [-0.4, -0.2) is 30.8 Å². The molecule has 1 heterocycles. The van der Waals surface area contributed by atoms with Gasteiger partial charge in [-0.1, -0.05) is 0 Å². The lowest BCUT2D eigenvalue weighted by Gasteiger charge is -2.24. The zero-order valence-corrected chi connectivity index (χ0v) is 9.04. The number of ether oxygens (including phenoxy) is 1. The minimum Gasteiger partial charge on any atom is -0.377 e. The quantitative estimate of drug-likeness (QED) is 0.712. The summed E-state index contributed by atoms with van der Waals surface area (Å²) >= 11 is 0. The summed E-state index contributed by atoms with van der Waals surface area (Å²) in [5.74, 6) is 0. The molecule has 4 atom stereocenters. The highest BCUT2D eigenvalue weighted by Gasteiger charge is 2.27. The van der Waals surface area contributed by atoms with Gasteiger partial charge in [-0.05, 0) is 39.0 Å². The molecule has 2 fully saturated rings. The van der Waals surface area contributed by atoms with Gasteiger partial charge in [0.05, 0.1) is 6.10 Å². The molecule has 82 valence electrons. The summed E-state index contributed by atoms with van der Waals surface area (Å²) < 4.78 is 5.66. The van der Waals surface area contributed by atoms with Gasteiger partial charge in [0.25, 0.3) is 0 Å². The first-order chi connectivity index (χ1) is 6.75. The minimum absolute atomic E-state index is 0.421. The van der Waals surface area contributed by atoms with E-state index in [1.165, 1.54) is 25.7 Å². The molecule has 0 aromatic heterocycles. The van der Waals surface area contributed by atoms with E-state index in [4.69, 9.17) is 10.5 Å². The summed E-state index contributed by atoms with van der Waals surface area (Å²) in [5.41, 5.74) is 5.88. The highest BCUT2D eigenvalue weighted by atomic mass is 16.5. The maximum atomic E-state index is 5.88. The molecule has 3 nitrogen and oxygen atoms in total. The molecule has 1 saturated heterocycles. The molecule has 1 saturated carbocycles. The van der Waals surface area contributed by atoms with Crippen molar-refractivity contribution in [3.63, 3.8) is 0 Å². The molecule has 0 aromatic rings. The first-order valence-electron chi connectivity index (χ1n) is 5.89. The zero-order chi connectivity index (χ0) is 9.97. The summed E-state index contributed by atoms with van der Waals surface area (Å²) in [6.45, 7) is 3.18. The molecule has 14 heavy (non-hydrogen) atoms. The van der Waals surface area contributed by atoms with Gasteiger partial charge in [0.2, 0.25) is 0 Å². The summed E-state index contributed by atoms with van der Waals surface area (Å²) in [4.78, 5) is 0. The minimum atomic E-state index is 0.421. The lowest BCUT2D eigenvalue weighted by atomic mass is 10.1. The number of nitrogens with two attached hydrogens (primary N) is 1. The highest BCUT2D eigenvalue weighted by molar-refractivity contribution is 4.87. The molecule has 1 aliphatic heterocycles. The predicted molar refractivity (Wildman–Crippen MR) is 57.2 cm³/mol. The average molecular weight is 198 g/mol. The maximum Gasteiger partial charge on any atom is 0.0726 e. The van der Waals surface area contributed by atoms with Gasteiger partial charge in [0, 0.05) is 24.7 Å². The number of nitrogens with one attached hydrogen (secondary N) is 1. The smallest absolute Gasteiger partial charge is 0.0726 e. The third-order valence-corrected chi connectivity index (χ3v) is 3.49. The summed E-state index contributed by atoms with van der Waals surface area (Å²) in [6, 6.07) is 1.54. The molecule has 0 aromatic carbocycles. The fourth-order valence-electron chi connectivity index (χ4n) is 2.64. The van der Waals surface area contributed by atoms with Crippen molar-refractivity contribution in [3.8, 4) is 0 Å². The van der Waals surface area contributed by atoms with Crippen LogP contribution in [0.25, 0.3) is 0 Å². The monoisotopic (exact) mass is 198 g/mol. The second-order valence-corrected chi connectivity index (χ2v) is 4.78. The van der Waals surface area contributed by atoms with E-state index in [1.54, 1.807) is 0 Å². The molecule has 1 aliphatic carbocycles. The van der Waals surface area contributed by atoms with Gasteiger partial charge in [-0.3, -0.25) is 0 Å². The molecule has 0 bridgehead atoms. The van der Waals surface area contributed by atoms with Crippen molar-refractivity contribution < 1.29 is 4.74 Å². The molecule has 0 amide bonds. The number of hydrogen-bond acceptors (Lipinski definition) is 3. The Hall–Kier alpha value is -0.120. The van der Waals surface area contributed by atoms with Crippen LogP contribution in [0.15, 0.2) is 0 Å². The lowest BCUT2D eigenvalue weighted by molar-refractivity contribution is 0.0798. The Morgan fingerprint density at radius 2 is 2.21 bits per heavy atom. The van der Waals surface area contributed by atoms with Crippen molar-refractivity contribution in [2.45, 2.75) is 63.3 Å². The van der Waals surface area contributed by atoms with Crippen LogP contribution in [0.4, 0.5) is 0 Å². The topological polar surface area (TPSA) is 47.3 Å². The van der Waals surface area contributed by atoms with Gasteiger partial charge >= 0.3 is 0 Å². The third-order valence-electron chi connectivity index (χ3n) is 3.49. The van der Waals surface area contributed by atoms with Crippen LogP contribution >= 0.6 is 0 Å². The van der Waals surface area contributed by atoms with Gasteiger partial charge in [0.1, 0.15) is 0 Å². The molecule has 0 spiro atoms. The van der Waals surface area contributed by atoms with Crippen LogP contribution in [0.2, 0.25) is 0 Å². The summed E-state index contributed by atoms with van der Waals surface area (Å²) in [5, 5.41) is 3.65. The van der Waals surface area contributed by atoms with Crippen molar-refractivity contribution in [2.24, 2.45) is 5.73 Å². The van der Waals surface area contributed by atoms with Crippen molar-refractivity contribution in [1.82, 2.24) is 5.32 Å². The van der Waals surface area contributed by atoms with E-state index >= 15 is 0 Å². The van der Waals surface area contributed by atoms with Crippen molar-refractivity contribution in [2.75, 3.05) is 6.61 Å². The van der Waals surface area contributed by atoms with Crippen molar-refractivity contribution in [3.05, 3.63) is 0 Å². The van der Waals surface area contributed by atoms with Gasteiger partial charge < -0.3 is 15.8 Å². The lowest BCUT2D eigenvalue weighted by Crippen LogP contribution is -2.42. The number of hydrogen-bond donors (Lipinski definition) is 2. The SMILES string of the molecule is CC(NC1CCC(N)C1)C1CCCO1. The van der Waals surface area contributed by atoms with Crippen LogP contribution < -0.4 is 11.1 Å². The Balaban J connectivity index is 1.73. The van der Waals surface area contributed by atoms with Crippen molar-refractivity contribution in [1.29, 1.82) is 0 Å². The third kappa shape index (κ3) is 2.47. The van der Waals surface area contributed by atoms with E-state index in [1.807, 2.05) is 0 Å². The fraction of sp³-hybridized carbons (Fsp3) is 1.00. The second kappa shape index (κ2) is 4.60. The van der Waals surface area contributed by atoms with Gasteiger partial charge in [-0.25, -0.2) is 0 Å². The Labute approximate surface area is 86.4 Å². The number of rotatable bonds is 3. The van der Waals surface area contributed by atoms with E-state index in [-0.39, 0.29) is 0 Å². The Morgan fingerprint density at radius 3 is 2.79 bits per heavy atom. The molecule has 0 radical (unpaired) electrons. The first kappa shape index (κ1) is 10.4. The fourth-order valence-corrected chi connectivity index (χ4v) is 2.64. The standard InChI is InChI=1S/C11H22N2O/c1-8(11-3-2-6-14-11)13-10-5-4-9(12)7-10/h8-11,13H,2-7,12H2,1H3. The molecule has 2 aliphatic rings. The highest BCUT2D eigenvalue weighted by Crippen LogP contribution is 2.21. The van der Waals surface area contributed by atoms with Gasteiger partial charge in [-0.2, -0.15) is 0 Å². The van der Waals surface area contributed by atoms with E-state index in [0.29, 0.717) is 24.2 Å². The van der Waals surface area contributed by atoms with E-state index < -0.39 is 0 Å². The van der Waals surface area contributed by atoms with Crippen LogP contribution in [0, 0.1) is 0 Å². The normalized spacial score (nSPS) is 40.3. The Kier molecular flexibility index (Phi) is 3.42. The van der Waals surface area contributed by atoms with Gasteiger partial charge in [0.15, 0.2) is 0 Å².